The molecule has 1 rings (SSSR count). The zero-order chi connectivity index (χ0) is 12.5. The first-order chi connectivity index (χ1) is 8.24. The van der Waals surface area contributed by atoms with Gasteiger partial charge in [-0.05, 0) is 47.0 Å². The minimum atomic E-state index is 0.712. The monoisotopic (exact) mass is 301 g/mol. The molecule has 0 unspecified atom stereocenters. The van der Waals surface area contributed by atoms with Gasteiger partial charge in [0.2, 0.25) is 0 Å². The number of ether oxygens (including phenoxy) is 2. The minimum absolute atomic E-state index is 0.712. The van der Waals surface area contributed by atoms with Crippen molar-refractivity contribution in [1.82, 2.24) is 0 Å². The van der Waals surface area contributed by atoms with Gasteiger partial charge >= 0.3 is 0 Å². The van der Waals surface area contributed by atoms with E-state index in [1.54, 1.807) is 7.11 Å². The van der Waals surface area contributed by atoms with Crippen molar-refractivity contribution in [3.63, 3.8) is 0 Å². The molecule has 3 nitrogen and oxygen atoms in total. The molecule has 0 atom stereocenters. The van der Waals surface area contributed by atoms with E-state index in [0.717, 1.165) is 36.3 Å². The Morgan fingerprint density at radius 1 is 1.24 bits per heavy atom. The lowest BCUT2D eigenvalue weighted by Gasteiger charge is -2.09. The molecule has 0 amide bonds. The smallest absolute Gasteiger partial charge is 0.0639 e. The fourth-order valence-corrected chi connectivity index (χ4v) is 1.83. The highest BCUT2D eigenvalue weighted by atomic mass is 79.9. The number of methoxy groups -OCH3 is 1. The van der Waals surface area contributed by atoms with Crippen LogP contribution in [0.1, 0.15) is 12.0 Å². The van der Waals surface area contributed by atoms with E-state index in [4.69, 9.17) is 9.47 Å². The third-order valence-electron chi connectivity index (χ3n) is 2.32. The maximum Gasteiger partial charge on any atom is 0.0639 e. The van der Waals surface area contributed by atoms with E-state index in [2.05, 4.69) is 46.4 Å². The van der Waals surface area contributed by atoms with Crippen molar-refractivity contribution in [2.75, 3.05) is 38.8 Å². The predicted molar refractivity (Wildman–Crippen MR) is 74.7 cm³/mol. The molecule has 1 N–H and O–H groups in total. The van der Waals surface area contributed by atoms with Crippen LogP contribution in [0.5, 0.6) is 0 Å². The van der Waals surface area contributed by atoms with Crippen LogP contribution in [0.15, 0.2) is 22.7 Å². The number of hydrogen-bond donors (Lipinski definition) is 1. The second kappa shape index (κ2) is 8.50. The van der Waals surface area contributed by atoms with Crippen molar-refractivity contribution >= 4 is 21.6 Å². The van der Waals surface area contributed by atoms with Crippen molar-refractivity contribution in [3.8, 4) is 0 Å². The summed E-state index contributed by atoms with van der Waals surface area (Å²) < 4.78 is 11.5. The number of hydrogen-bond acceptors (Lipinski definition) is 3. The van der Waals surface area contributed by atoms with Gasteiger partial charge in [0, 0.05) is 37.0 Å². The van der Waals surface area contributed by atoms with Crippen LogP contribution < -0.4 is 5.32 Å². The number of anilines is 1. The molecule has 1 aromatic carbocycles. The highest BCUT2D eigenvalue weighted by molar-refractivity contribution is 9.10. The molecule has 0 radical (unpaired) electrons. The van der Waals surface area contributed by atoms with Gasteiger partial charge in [-0.1, -0.05) is 6.07 Å². The van der Waals surface area contributed by atoms with Gasteiger partial charge in [0.15, 0.2) is 0 Å². The van der Waals surface area contributed by atoms with Crippen LogP contribution in [-0.4, -0.2) is 33.5 Å². The average molecular weight is 302 g/mol. The third kappa shape index (κ3) is 6.05. The van der Waals surface area contributed by atoms with Gasteiger partial charge in [0.05, 0.1) is 6.61 Å². The van der Waals surface area contributed by atoms with E-state index in [1.165, 1.54) is 5.56 Å². The van der Waals surface area contributed by atoms with E-state index in [-0.39, 0.29) is 0 Å². The molecule has 4 heteroatoms. The van der Waals surface area contributed by atoms with Gasteiger partial charge in [-0.2, -0.15) is 0 Å². The molecule has 17 heavy (non-hydrogen) atoms. The van der Waals surface area contributed by atoms with Gasteiger partial charge in [-0.3, -0.25) is 0 Å². The molecule has 0 bridgehead atoms. The first-order valence-electron chi connectivity index (χ1n) is 5.80. The summed E-state index contributed by atoms with van der Waals surface area (Å²) in [5.74, 6) is 0. The Kier molecular flexibility index (Phi) is 7.24. The molecule has 0 aromatic heterocycles. The summed E-state index contributed by atoms with van der Waals surface area (Å²) in [6, 6.07) is 6.25. The highest BCUT2D eigenvalue weighted by Gasteiger charge is 1.98. The zero-order valence-corrected chi connectivity index (χ0v) is 12.0. The van der Waals surface area contributed by atoms with Crippen LogP contribution >= 0.6 is 15.9 Å². The molecule has 0 heterocycles. The predicted octanol–water partition coefficient (Wildman–Crippen LogP) is 3.22. The Morgan fingerprint density at radius 2 is 2.06 bits per heavy atom. The van der Waals surface area contributed by atoms with Crippen molar-refractivity contribution in [1.29, 1.82) is 0 Å². The minimum Gasteiger partial charge on any atom is -0.385 e. The lowest BCUT2D eigenvalue weighted by Crippen LogP contribution is -2.11. The molecule has 0 saturated heterocycles. The molecule has 0 saturated carbocycles. The van der Waals surface area contributed by atoms with Crippen molar-refractivity contribution in [2.45, 2.75) is 13.3 Å². The summed E-state index contributed by atoms with van der Waals surface area (Å²) in [4.78, 5) is 0. The molecule has 0 aliphatic rings. The summed E-state index contributed by atoms with van der Waals surface area (Å²) in [7, 11) is 1.71. The average Bonchev–Trinajstić information content (AvgIpc) is 2.32. The third-order valence-corrected chi connectivity index (χ3v) is 3.01. The van der Waals surface area contributed by atoms with Crippen LogP contribution in [0.4, 0.5) is 5.69 Å². The maximum atomic E-state index is 5.47. The van der Waals surface area contributed by atoms with Crippen LogP contribution in [0, 0.1) is 6.92 Å². The Labute approximate surface area is 112 Å². The van der Waals surface area contributed by atoms with E-state index in [9.17, 15) is 0 Å². The van der Waals surface area contributed by atoms with Gasteiger partial charge < -0.3 is 14.8 Å². The summed E-state index contributed by atoms with van der Waals surface area (Å²) in [5, 5.41) is 3.34. The molecule has 0 aliphatic heterocycles. The number of halogens is 1. The molecule has 0 fully saturated rings. The van der Waals surface area contributed by atoms with E-state index < -0.39 is 0 Å². The van der Waals surface area contributed by atoms with E-state index >= 15 is 0 Å². The number of aryl methyl sites for hydroxylation is 1. The van der Waals surface area contributed by atoms with Crippen LogP contribution in [-0.2, 0) is 9.47 Å². The second-order valence-electron chi connectivity index (χ2n) is 3.87. The lowest BCUT2D eigenvalue weighted by molar-refractivity contribution is 0.109. The largest absolute Gasteiger partial charge is 0.385 e. The van der Waals surface area contributed by atoms with Crippen molar-refractivity contribution in [3.05, 3.63) is 28.2 Å². The van der Waals surface area contributed by atoms with Gasteiger partial charge in [-0.25, -0.2) is 0 Å². The zero-order valence-electron chi connectivity index (χ0n) is 10.5. The van der Waals surface area contributed by atoms with Gasteiger partial charge in [0.25, 0.3) is 0 Å². The number of nitrogens with one attached hydrogen (secondary N) is 1. The second-order valence-corrected chi connectivity index (χ2v) is 4.72. The van der Waals surface area contributed by atoms with E-state index in [1.807, 2.05) is 0 Å². The van der Waals surface area contributed by atoms with E-state index in [0.29, 0.717) is 6.61 Å². The van der Waals surface area contributed by atoms with Gasteiger partial charge in [0.1, 0.15) is 0 Å². The number of benzene rings is 1. The van der Waals surface area contributed by atoms with Crippen LogP contribution in [0.3, 0.4) is 0 Å². The molecule has 0 spiro atoms. The molecule has 0 aliphatic carbocycles. The Balaban J connectivity index is 2.15. The van der Waals surface area contributed by atoms with Crippen LogP contribution in [0.25, 0.3) is 0 Å². The Bertz CT molecular complexity index is 331. The highest BCUT2D eigenvalue weighted by Crippen LogP contribution is 2.22. The molecule has 96 valence electrons. The fraction of sp³-hybridized carbons (Fsp3) is 0.538. The van der Waals surface area contributed by atoms with Crippen molar-refractivity contribution < 1.29 is 9.47 Å². The molecular formula is C13H20BrNO2. The first kappa shape index (κ1) is 14.5. The summed E-state index contributed by atoms with van der Waals surface area (Å²) in [5.41, 5.74) is 2.36. The maximum absolute atomic E-state index is 5.47. The van der Waals surface area contributed by atoms with Crippen molar-refractivity contribution in [2.24, 2.45) is 0 Å². The lowest BCUT2D eigenvalue weighted by atomic mass is 10.2. The van der Waals surface area contributed by atoms with Gasteiger partial charge in [-0.15, -0.1) is 0 Å². The van der Waals surface area contributed by atoms with Crippen LogP contribution in [0.2, 0.25) is 0 Å². The summed E-state index contributed by atoms with van der Waals surface area (Å²) in [6.07, 6.45) is 0.949. The standard InChI is InChI=1S/C13H20BrNO2/c1-11-4-5-12(14)13(10-11)15-6-9-17-8-3-7-16-2/h4-5,10,15H,3,6-9H2,1-2H3. The quantitative estimate of drug-likeness (QED) is 0.748. The Hall–Kier alpha value is -0.580. The summed E-state index contributed by atoms with van der Waals surface area (Å²) >= 11 is 3.51. The normalized spacial score (nSPS) is 10.5. The first-order valence-corrected chi connectivity index (χ1v) is 6.60. The number of rotatable bonds is 8. The molecule has 1 aromatic rings. The Morgan fingerprint density at radius 3 is 2.82 bits per heavy atom. The SMILES string of the molecule is COCCCOCCNc1cc(C)ccc1Br. The summed E-state index contributed by atoms with van der Waals surface area (Å²) in [6.45, 7) is 5.12. The fourth-order valence-electron chi connectivity index (χ4n) is 1.44. The molecular weight excluding hydrogens is 282 g/mol. The topological polar surface area (TPSA) is 30.5 Å².